The van der Waals surface area contributed by atoms with E-state index >= 15 is 0 Å². The van der Waals surface area contributed by atoms with E-state index in [1.807, 2.05) is 27.7 Å². The van der Waals surface area contributed by atoms with Gasteiger partial charge in [-0.2, -0.15) is 4.98 Å². The summed E-state index contributed by atoms with van der Waals surface area (Å²) < 4.78 is 5.78. The maximum Gasteiger partial charge on any atom is 0.223 e. The van der Waals surface area contributed by atoms with Crippen LogP contribution in [-0.4, -0.2) is 15.6 Å². The van der Waals surface area contributed by atoms with Gasteiger partial charge in [-0.25, -0.2) is 10.8 Å². The third-order valence-corrected chi connectivity index (χ3v) is 2.61. The molecular weight excluding hydrogens is 240 g/mol. The van der Waals surface area contributed by atoms with Crippen molar-refractivity contribution in [3.05, 3.63) is 11.4 Å². The number of nitrogens with zero attached hydrogens (tertiary/aromatic N) is 2. The third-order valence-electron chi connectivity index (χ3n) is 2.61. The first-order chi connectivity index (χ1) is 8.60. The molecule has 1 aromatic rings. The Morgan fingerprint density at radius 1 is 1.21 bits per heavy atom. The average molecular weight is 262 g/mol. The van der Waals surface area contributed by atoms with Gasteiger partial charge in [0, 0.05) is 5.41 Å². The second-order valence-corrected chi connectivity index (χ2v) is 5.98. The molecule has 0 atom stereocenters. The fourth-order valence-electron chi connectivity index (χ4n) is 1.34. The van der Waals surface area contributed by atoms with Gasteiger partial charge in [0.1, 0.15) is 5.82 Å². The SMILES string of the molecule is C#CC(C)(C)Oc1nc(C(C)(C)C)nc(NN)c1C. The van der Waals surface area contributed by atoms with Crippen LogP contribution in [0.5, 0.6) is 5.88 Å². The first-order valence-electron chi connectivity index (χ1n) is 6.13. The van der Waals surface area contributed by atoms with Crippen molar-refractivity contribution in [2.75, 3.05) is 5.43 Å². The van der Waals surface area contributed by atoms with E-state index in [9.17, 15) is 0 Å². The number of anilines is 1. The van der Waals surface area contributed by atoms with E-state index in [0.717, 1.165) is 5.56 Å². The number of aromatic nitrogens is 2. The molecule has 0 saturated carbocycles. The van der Waals surface area contributed by atoms with Gasteiger partial charge >= 0.3 is 0 Å². The van der Waals surface area contributed by atoms with Gasteiger partial charge in [-0.1, -0.05) is 26.7 Å². The molecule has 0 bridgehead atoms. The number of nitrogen functional groups attached to an aromatic ring is 1. The summed E-state index contributed by atoms with van der Waals surface area (Å²) in [6, 6.07) is 0. The standard InChI is InChI=1S/C14H22N4O/c1-8-14(6,7)19-11-9(2)10(18-15)16-12(17-11)13(3,4)5/h1H,15H2,2-7H3,(H,16,17,18). The Kier molecular flexibility index (Phi) is 4.06. The molecule has 0 aliphatic rings. The number of hydrazine groups is 1. The molecular formula is C14H22N4O. The lowest BCUT2D eigenvalue weighted by Crippen LogP contribution is -2.28. The lowest BCUT2D eigenvalue weighted by Gasteiger charge is -2.24. The zero-order valence-electron chi connectivity index (χ0n) is 12.5. The van der Waals surface area contributed by atoms with Crippen LogP contribution in [0.15, 0.2) is 0 Å². The van der Waals surface area contributed by atoms with Gasteiger partial charge in [0.05, 0.1) is 5.56 Å². The molecule has 1 heterocycles. The van der Waals surface area contributed by atoms with Crippen molar-refractivity contribution in [1.82, 2.24) is 9.97 Å². The normalized spacial score (nSPS) is 11.9. The highest BCUT2D eigenvalue weighted by Crippen LogP contribution is 2.29. The predicted molar refractivity (Wildman–Crippen MR) is 76.8 cm³/mol. The smallest absolute Gasteiger partial charge is 0.223 e. The first kappa shape index (κ1) is 15.3. The highest BCUT2D eigenvalue weighted by atomic mass is 16.5. The number of nitrogens with one attached hydrogen (secondary N) is 1. The van der Waals surface area contributed by atoms with Crippen LogP contribution in [0.2, 0.25) is 0 Å². The van der Waals surface area contributed by atoms with Crippen LogP contribution >= 0.6 is 0 Å². The van der Waals surface area contributed by atoms with Crippen LogP contribution in [0, 0.1) is 19.3 Å². The molecule has 1 aromatic heterocycles. The summed E-state index contributed by atoms with van der Waals surface area (Å²) in [5.41, 5.74) is 2.36. The van der Waals surface area contributed by atoms with Crippen LogP contribution in [0.1, 0.15) is 46.0 Å². The molecule has 0 amide bonds. The Hall–Kier alpha value is -1.80. The Labute approximate surface area is 114 Å². The quantitative estimate of drug-likeness (QED) is 0.496. The van der Waals surface area contributed by atoms with Gasteiger partial charge in [0.15, 0.2) is 11.4 Å². The monoisotopic (exact) mass is 262 g/mol. The number of hydrogen-bond acceptors (Lipinski definition) is 5. The molecule has 0 saturated heterocycles. The van der Waals surface area contributed by atoms with Gasteiger partial charge in [-0.3, -0.25) is 0 Å². The van der Waals surface area contributed by atoms with Crippen LogP contribution in [0.3, 0.4) is 0 Å². The minimum absolute atomic E-state index is 0.211. The Bertz CT molecular complexity index is 509. The Balaban J connectivity index is 3.35. The summed E-state index contributed by atoms with van der Waals surface area (Å²) >= 11 is 0. The molecule has 0 aromatic carbocycles. The Morgan fingerprint density at radius 3 is 2.21 bits per heavy atom. The van der Waals surface area contributed by atoms with E-state index in [0.29, 0.717) is 17.5 Å². The Morgan fingerprint density at radius 2 is 1.79 bits per heavy atom. The van der Waals surface area contributed by atoms with Crippen molar-refractivity contribution in [1.29, 1.82) is 0 Å². The lowest BCUT2D eigenvalue weighted by atomic mass is 9.95. The molecule has 0 unspecified atom stereocenters. The van der Waals surface area contributed by atoms with Gasteiger partial charge in [-0.15, -0.1) is 6.42 Å². The molecule has 104 valence electrons. The number of terminal acetylenes is 1. The van der Waals surface area contributed by atoms with Crippen LogP contribution in [0.4, 0.5) is 5.82 Å². The highest BCUT2D eigenvalue weighted by molar-refractivity contribution is 5.48. The fourth-order valence-corrected chi connectivity index (χ4v) is 1.34. The third kappa shape index (κ3) is 3.58. The van der Waals surface area contributed by atoms with Gasteiger partial charge < -0.3 is 10.2 Å². The van der Waals surface area contributed by atoms with E-state index in [4.69, 9.17) is 17.0 Å². The largest absolute Gasteiger partial charge is 0.458 e. The summed E-state index contributed by atoms with van der Waals surface area (Å²) in [7, 11) is 0. The fraction of sp³-hybridized carbons (Fsp3) is 0.571. The van der Waals surface area contributed by atoms with E-state index in [1.54, 1.807) is 13.8 Å². The van der Waals surface area contributed by atoms with Crippen molar-refractivity contribution < 1.29 is 4.74 Å². The topological polar surface area (TPSA) is 73.1 Å². The van der Waals surface area contributed by atoms with Crippen molar-refractivity contribution in [3.8, 4) is 18.2 Å². The second-order valence-electron chi connectivity index (χ2n) is 5.98. The summed E-state index contributed by atoms with van der Waals surface area (Å²) in [5, 5.41) is 0. The van der Waals surface area contributed by atoms with E-state index in [-0.39, 0.29) is 5.41 Å². The van der Waals surface area contributed by atoms with E-state index in [2.05, 4.69) is 21.3 Å². The average Bonchev–Trinajstić information content (AvgIpc) is 2.30. The molecule has 0 fully saturated rings. The number of ether oxygens (including phenoxy) is 1. The zero-order chi connectivity index (χ0) is 14.8. The van der Waals surface area contributed by atoms with Crippen molar-refractivity contribution in [2.45, 2.75) is 52.6 Å². The van der Waals surface area contributed by atoms with Crippen LogP contribution in [0.25, 0.3) is 0 Å². The maximum atomic E-state index is 5.78. The van der Waals surface area contributed by atoms with E-state index < -0.39 is 5.60 Å². The first-order valence-corrected chi connectivity index (χ1v) is 6.13. The molecule has 3 N–H and O–H groups in total. The summed E-state index contributed by atoms with van der Waals surface area (Å²) in [6.45, 7) is 11.5. The molecule has 1 rings (SSSR count). The summed E-state index contributed by atoms with van der Waals surface area (Å²) in [6.07, 6.45) is 5.44. The zero-order valence-corrected chi connectivity index (χ0v) is 12.5. The number of rotatable bonds is 3. The van der Waals surface area contributed by atoms with Crippen molar-refractivity contribution >= 4 is 5.82 Å². The van der Waals surface area contributed by atoms with E-state index in [1.165, 1.54) is 0 Å². The maximum absolute atomic E-state index is 5.78. The minimum atomic E-state index is -0.736. The van der Waals surface area contributed by atoms with Crippen LogP contribution < -0.4 is 16.0 Å². The summed E-state index contributed by atoms with van der Waals surface area (Å²) in [4.78, 5) is 8.86. The molecule has 0 spiro atoms. The van der Waals surface area contributed by atoms with Gasteiger partial charge in [0.2, 0.25) is 5.88 Å². The minimum Gasteiger partial charge on any atom is -0.458 e. The molecule has 5 nitrogen and oxygen atoms in total. The van der Waals surface area contributed by atoms with Crippen LogP contribution in [-0.2, 0) is 5.41 Å². The van der Waals surface area contributed by atoms with Crippen molar-refractivity contribution in [3.63, 3.8) is 0 Å². The summed E-state index contributed by atoms with van der Waals surface area (Å²) in [5.74, 6) is 9.72. The van der Waals surface area contributed by atoms with Crippen molar-refractivity contribution in [2.24, 2.45) is 5.84 Å². The number of nitrogens with two attached hydrogens (primary N) is 1. The molecule has 0 radical (unpaired) electrons. The lowest BCUT2D eigenvalue weighted by molar-refractivity contribution is 0.162. The number of hydrogen-bond donors (Lipinski definition) is 2. The molecule has 19 heavy (non-hydrogen) atoms. The second kappa shape index (κ2) is 5.06. The molecule has 0 aliphatic carbocycles. The predicted octanol–water partition coefficient (Wildman–Crippen LogP) is 2.16. The highest BCUT2D eigenvalue weighted by Gasteiger charge is 2.24. The molecule has 0 aliphatic heterocycles. The molecule has 5 heteroatoms. The van der Waals surface area contributed by atoms with Gasteiger partial charge in [-0.05, 0) is 20.8 Å². The van der Waals surface area contributed by atoms with Gasteiger partial charge in [0.25, 0.3) is 0 Å².